The molecule has 0 aliphatic carbocycles. The van der Waals surface area contributed by atoms with Crippen LogP contribution < -0.4 is 0 Å². The minimum atomic E-state index is -0.496. The summed E-state index contributed by atoms with van der Waals surface area (Å²) in [6.07, 6.45) is 18.7. The Hall–Kier alpha value is -1.91. The molecule has 1 atom stereocenters. The van der Waals surface area contributed by atoms with Crippen LogP contribution in [0, 0.1) is 5.92 Å². The van der Waals surface area contributed by atoms with E-state index >= 15 is 0 Å². The van der Waals surface area contributed by atoms with E-state index in [-0.39, 0.29) is 11.4 Å². The maximum absolute atomic E-state index is 12.3. The predicted molar refractivity (Wildman–Crippen MR) is 135 cm³/mol. The molecule has 33 heavy (non-hydrogen) atoms. The molecule has 1 aromatic rings. The molecule has 0 saturated carbocycles. The second-order valence-corrected chi connectivity index (χ2v) is 9.28. The second-order valence-electron chi connectivity index (χ2n) is 9.28. The summed E-state index contributed by atoms with van der Waals surface area (Å²) in [6, 6.07) is 4.78. The monoisotopic (exact) mass is 461 g/mol. The third-order valence-electron chi connectivity index (χ3n) is 5.93. The van der Waals surface area contributed by atoms with Crippen molar-refractivity contribution in [2.24, 2.45) is 5.92 Å². The Morgan fingerprint density at radius 1 is 0.727 bits per heavy atom. The number of aromatic nitrogens is 1. The van der Waals surface area contributed by atoms with Crippen LogP contribution in [0.4, 0.5) is 0 Å². The average Bonchev–Trinajstić information content (AvgIpc) is 2.82. The van der Waals surface area contributed by atoms with E-state index in [1.54, 1.807) is 18.2 Å². The van der Waals surface area contributed by atoms with Crippen LogP contribution in [0.1, 0.15) is 138 Å². The number of carbonyl (C=O) groups excluding carboxylic acids is 2. The number of hydrogen-bond acceptors (Lipinski definition) is 5. The lowest BCUT2D eigenvalue weighted by atomic mass is 10.0. The first-order valence-electron chi connectivity index (χ1n) is 13.4. The van der Waals surface area contributed by atoms with Crippen molar-refractivity contribution < 1.29 is 19.1 Å². The number of hydrogen-bond donors (Lipinski definition) is 0. The summed E-state index contributed by atoms with van der Waals surface area (Å²) in [7, 11) is 0. The van der Waals surface area contributed by atoms with E-state index in [1.807, 2.05) is 0 Å². The molecule has 1 aromatic heterocycles. The summed E-state index contributed by atoms with van der Waals surface area (Å²) >= 11 is 0. The highest BCUT2D eigenvalue weighted by molar-refractivity contribution is 5.91. The lowest BCUT2D eigenvalue weighted by molar-refractivity contribution is 0.0435. The summed E-state index contributed by atoms with van der Waals surface area (Å²) < 4.78 is 10.6. The van der Waals surface area contributed by atoms with Crippen molar-refractivity contribution in [2.45, 2.75) is 117 Å². The Labute approximate surface area is 202 Å². The Balaban J connectivity index is 2.11. The van der Waals surface area contributed by atoms with E-state index in [4.69, 9.17) is 9.47 Å². The molecule has 0 aromatic carbocycles. The van der Waals surface area contributed by atoms with E-state index < -0.39 is 11.9 Å². The molecule has 0 aliphatic rings. The van der Waals surface area contributed by atoms with Gasteiger partial charge in [0.15, 0.2) is 0 Å². The Kier molecular flexibility index (Phi) is 17.3. The number of esters is 2. The van der Waals surface area contributed by atoms with Gasteiger partial charge in [-0.2, -0.15) is 0 Å². The largest absolute Gasteiger partial charge is 0.461 e. The van der Waals surface area contributed by atoms with Crippen LogP contribution in [0.2, 0.25) is 0 Å². The molecule has 1 unspecified atom stereocenters. The summed E-state index contributed by atoms with van der Waals surface area (Å²) in [5.74, 6) is -0.667. The normalized spacial score (nSPS) is 11.8. The van der Waals surface area contributed by atoms with Crippen molar-refractivity contribution >= 4 is 11.9 Å². The molecule has 188 valence electrons. The van der Waals surface area contributed by atoms with E-state index in [9.17, 15) is 9.59 Å². The molecule has 0 saturated heterocycles. The fraction of sp³-hybridized carbons (Fsp3) is 0.750. The molecule has 5 heteroatoms. The van der Waals surface area contributed by atoms with Crippen LogP contribution in [-0.2, 0) is 9.47 Å². The quantitative estimate of drug-likeness (QED) is 0.146. The predicted octanol–water partition coefficient (Wildman–Crippen LogP) is 7.92. The third-order valence-corrected chi connectivity index (χ3v) is 5.93. The fourth-order valence-corrected chi connectivity index (χ4v) is 3.89. The second kappa shape index (κ2) is 19.5. The lowest BCUT2D eigenvalue weighted by Crippen LogP contribution is -2.15. The van der Waals surface area contributed by atoms with E-state index in [0.29, 0.717) is 19.1 Å². The van der Waals surface area contributed by atoms with Crippen LogP contribution in [-0.4, -0.2) is 30.1 Å². The summed E-state index contributed by atoms with van der Waals surface area (Å²) in [4.78, 5) is 28.6. The maximum atomic E-state index is 12.3. The van der Waals surface area contributed by atoms with Gasteiger partial charge in [-0.05, 0) is 30.9 Å². The van der Waals surface area contributed by atoms with Crippen LogP contribution in [0.15, 0.2) is 18.2 Å². The molecule has 1 heterocycles. The molecule has 0 amide bonds. The van der Waals surface area contributed by atoms with Gasteiger partial charge in [-0.1, -0.05) is 110 Å². The van der Waals surface area contributed by atoms with E-state index in [1.165, 1.54) is 70.6 Å². The van der Waals surface area contributed by atoms with Crippen LogP contribution in [0.5, 0.6) is 0 Å². The third kappa shape index (κ3) is 14.8. The van der Waals surface area contributed by atoms with Crippen LogP contribution in [0.3, 0.4) is 0 Å². The van der Waals surface area contributed by atoms with Crippen molar-refractivity contribution in [3.8, 4) is 0 Å². The van der Waals surface area contributed by atoms with Gasteiger partial charge in [-0.25, -0.2) is 14.6 Å². The van der Waals surface area contributed by atoms with E-state index in [2.05, 4.69) is 25.8 Å². The summed E-state index contributed by atoms with van der Waals surface area (Å²) in [6.45, 7) is 7.17. The highest BCUT2D eigenvalue weighted by atomic mass is 16.5. The van der Waals surface area contributed by atoms with Gasteiger partial charge >= 0.3 is 11.9 Å². The highest BCUT2D eigenvalue weighted by Crippen LogP contribution is 2.13. The Morgan fingerprint density at radius 2 is 1.21 bits per heavy atom. The molecule has 1 rings (SSSR count). The number of carbonyl (C=O) groups is 2. The zero-order valence-electron chi connectivity index (χ0n) is 21.4. The van der Waals surface area contributed by atoms with Gasteiger partial charge in [0.1, 0.15) is 11.4 Å². The van der Waals surface area contributed by atoms with Gasteiger partial charge in [0.2, 0.25) is 0 Å². The Bertz CT molecular complexity index is 647. The SMILES string of the molecule is CCCCCCCCCCCCCCCOC(=O)c1cccc(C(=O)OCC(C)CCC)n1. The topological polar surface area (TPSA) is 65.5 Å². The first-order valence-corrected chi connectivity index (χ1v) is 13.4. The van der Waals surface area contributed by atoms with Crippen molar-refractivity contribution in [3.63, 3.8) is 0 Å². The number of nitrogens with zero attached hydrogens (tertiary/aromatic N) is 1. The maximum Gasteiger partial charge on any atom is 0.356 e. The molecule has 0 N–H and O–H groups in total. The zero-order chi connectivity index (χ0) is 24.2. The molecule has 0 fully saturated rings. The number of unbranched alkanes of at least 4 members (excludes halogenated alkanes) is 12. The minimum Gasteiger partial charge on any atom is -0.461 e. The van der Waals surface area contributed by atoms with Crippen molar-refractivity contribution in [3.05, 3.63) is 29.6 Å². The molecular formula is C28H47NO4. The molecule has 0 spiro atoms. The van der Waals surface area contributed by atoms with Crippen molar-refractivity contribution in [1.82, 2.24) is 4.98 Å². The summed E-state index contributed by atoms with van der Waals surface area (Å²) in [5.41, 5.74) is 0.301. The smallest absolute Gasteiger partial charge is 0.356 e. The summed E-state index contributed by atoms with van der Waals surface area (Å²) in [5, 5.41) is 0. The van der Waals surface area contributed by atoms with Gasteiger partial charge in [0.05, 0.1) is 13.2 Å². The first kappa shape index (κ1) is 29.1. The fourth-order valence-electron chi connectivity index (χ4n) is 3.89. The van der Waals surface area contributed by atoms with Crippen molar-refractivity contribution in [2.75, 3.05) is 13.2 Å². The molecular weight excluding hydrogens is 414 g/mol. The first-order chi connectivity index (χ1) is 16.1. The molecule has 0 radical (unpaired) electrons. The highest BCUT2D eigenvalue weighted by Gasteiger charge is 2.15. The molecule has 0 bridgehead atoms. The molecule has 5 nitrogen and oxygen atoms in total. The van der Waals surface area contributed by atoms with Crippen molar-refractivity contribution in [1.29, 1.82) is 0 Å². The van der Waals surface area contributed by atoms with E-state index in [0.717, 1.165) is 25.7 Å². The number of rotatable bonds is 20. The van der Waals surface area contributed by atoms with Crippen LogP contribution in [0.25, 0.3) is 0 Å². The molecule has 0 aliphatic heterocycles. The van der Waals surface area contributed by atoms with Gasteiger partial charge in [-0.15, -0.1) is 0 Å². The lowest BCUT2D eigenvalue weighted by Gasteiger charge is -2.11. The minimum absolute atomic E-state index is 0.147. The number of ether oxygens (including phenoxy) is 2. The van der Waals surface area contributed by atoms with Gasteiger partial charge in [-0.3, -0.25) is 0 Å². The van der Waals surface area contributed by atoms with Gasteiger partial charge in [0.25, 0.3) is 0 Å². The van der Waals surface area contributed by atoms with Gasteiger partial charge < -0.3 is 9.47 Å². The zero-order valence-corrected chi connectivity index (χ0v) is 21.4. The van der Waals surface area contributed by atoms with Crippen LogP contribution >= 0.6 is 0 Å². The number of pyridine rings is 1. The average molecular weight is 462 g/mol. The Morgan fingerprint density at radius 3 is 1.73 bits per heavy atom. The standard InChI is InChI=1S/C28H47NO4/c1-4-6-7-8-9-10-11-12-13-14-15-16-17-22-32-27(30)25-20-18-21-26(29-25)28(31)33-23-24(3)19-5-2/h18,20-21,24H,4-17,19,22-23H2,1-3H3. The van der Waals surface area contributed by atoms with Gasteiger partial charge in [0, 0.05) is 0 Å².